The number of amides is 2. The van der Waals surface area contributed by atoms with Crippen LogP contribution in [0.25, 0.3) is 0 Å². The van der Waals surface area contributed by atoms with Gasteiger partial charge in [0.1, 0.15) is 12.4 Å². The van der Waals surface area contributed by atoms with E-state index in [9.17, 15) is 4.79 Å². The highest BCUT2D eigenvalue weighted by Gasteiger charge is 2.09. The van der Waals surface area contributed by atoms with Crippen LogP contribution in [-0.2, 0) is 0 Å². The molecule has 0 saturated heterocycles. The van der Waals surface area contributed by atoms with E-state index in [0.717, 1.165) is 11.3 Å². The fourth-order valence-corrected chi connectivity index (χ4v) is 1.67. The Labute approximate surface area is 114 Å². The Morgan fingerprint density at radius 3 is 2.89 bits per heavy atom. The smallest absolute Gasteiger partial charge is 0.317 e. The van der Waals surface area contributed by atoms with Crippen molar-refractivity contribution in [1.82, 2.24) is 10.2 Å². The molecule has 5 heteroatoms. The predicted octanol–water partition coefficient (Wildman–Crippen LogP) is 1.40. The van der Waals surface area contributed by atoms with Crippen molar-refractivity contribution < 1.29 is 14.6 Å². The lowest BCUT2D eigenvalue weighted by atomic mass is 10.2. The van der Waals surface area contributed by atoms with Crippen molar-refractivity contribution in [2.45, 2.75) is 13.8 Å². The van der Waals surface area contributed by atoms with Crippen molar-refractivity contribution >= 4 is 6.03 Å². The van der Waals surface area contributed by atoms with Crippen LogP contribution in [-0.4, -0.2) is 48.9 Å². The summed E-state index contributed by atoms with van der Waals surface area (Å²) in [5.41, 5.74) is 1.14. The molecule has 0 heterocycles. The molecule has 0 spiro atoms. The Kier molecular flexibility index (Phi) is 6.74. The second-order valence-electron chi connectivity index (χ2n) is 4.20. The van der Waals surface area contributed by atoms with Gasteiger partial charge in [-0.2, -0.15) is 0 Å². The minimum absolute atomic E-state index is 0.0267. The number of likely N-dealkylation sites (N-methyl/N-ethyl adjacent to an activating group) is 1. The third-order valence-corrected chi connectivity index (χ3v) is 2.68. The molecule has 0 aliphatic rings. The minimum Gasteiger partial charge on any atom is -0.492 e. The van der Waals surface area contributed by atoms with Gasteiger partial charge in [0.25, 0.3) is 0 Å². The topological polar surface area (TPSA) is 61.8 Å². The Hall–Kier alpha value is -1.75. The summed E-state index contributed by atoms with van der Waals surface area (Å²) in [6.07, 6.45) is 0. The Balaban J connectivity index is 2.25. The summed E-state index contributed by atoms with van der Waals surface area (Å²) in [6, 6.07) is 7.60. The summed E-state index contributed by atoms with van der Waals surface area (Å²) in [5, 5.41) is 11.6. The summed E-state index contributed by atoms with van der Waals surface area (Å²) in [5.74, 6) is 0.803. The number of aliphatic hydroxyl groups excluding tert-OH is 1. The van der Waals surface area contributed by atoms with E-state index in [0.29, 0.717) is 26.2 Å². The number of urea groups is 1. The number of benzene rings is 1. The van der Waals surface area contributed by atoms with Crippen molar-refractivity contribution in [3.63, 3.8) is 0 Å². The van der Waals surface area contributed by atoms with Crippen molar-refractivity contribution in [1.29, 1.82) is 0 Å². The third-order valence-electron chi connectivity index (χ3n) is 2.68. The molecule has 2 N–H and O–H groups in total. The van der Waals surface area contributed by atoms with Crippen molar-refractivity contribution in [2.75, 3.05) is 32.8 Å². The zero-order valence-corrected chi connectivity index (χ0v) is 11.6. The maximum absolute atomic E-state index is 11.7. The summed E-state index contributed by atoms with van der Waals surface area (Å²) in [4.78, 5) is 13.2. The molecule has 1 aromatic rings. The molecule has 19 heavy (non-hydrogen) atoms. The molecule has 1 rings (SSSR count). The molecule has 0 fully saturated rings. The molecule has 0 unspecified atom stereocenters. The number of nitrogens with one attached hydrogen (secondary N) is 1. The summed E-state index contributed by atoms with van der Waals surface area (Å²) < 4.78 is 5.53. The fraction of sp³-hybridized carbons (Fsp3) is 0.500. The van der Waals surface area contributed by atoms with Gasteiger partial charge in [-0.05, 0) is 31.5 Å². The van der Waals surface area contributed by atoms with Crippen LogP contribution in [0.15, 0.2) is 24.3 Å². The van der Waals surface area contributed by atoms with Crippen molar-refractivity contribution in [3.05, 3.63) is 29.8 Å². The number of aliphatic hydroxyl groups is 1. The summed E-state index contributed by atoms with van der Waals surface area (Å²) in [6.45, 7) is 5.63. The molecular weight excluding hydrogens is 244 g/mol. The number of nitrogens with zero attached hydrogens (tertiary/aromatic N) is 1. The lowest BCUT2D eigenvalue weighted by molar-refractivity contribution is 0.178. The molecule has 1 aromatic carbocycles. The predicted molar refractivity (Wildman–Crippen MR) is 74.4 cm³/mol. The average molecular weight is 266 g/mol. The molecule has 0 aromatic heterocycles. The van der Waals surface area contributed by atoms with Gasteiger partial charge in [0.05, 0.1) is 13.2 Å². The Bertz CT molecular complexity index is 396. The third kappa shape index (κ3) is 5.61. The van der Waals surface area contributed by atoms with Crippen LogP contribution < -0.4 is 10.1 Å². The molecule has 0 atom stereocenters. The van der Waals surface area contributed by atoms with Gasteiger partial charge in [-0.25, -0.2) is 4.79 Å². The van der Waals surface area contributed by atoms with Gasteiger partial charge in [-0.1, -0.05) is 12.1 Å². The highest BCUT2D eigenvalue weighted by molar-refractivity contribution is 5.74. The molecule has 106 valence electrons. The second-order valence-corrected chi connectivity index (χ2v) is 4.20. The SMILES string of the molecule is CCN(CCO)C(=O)NCCOc1cccc(C)c1. The van der Waals surface area contributed by atoms with Crippen LogP contribution in [0.5, 0.6) is 5.75 Å². The number of rotatable bonds is 7. The number of carbonyl (C=O) groups excluding carboxylic acids is 1. The van der Waals surface area contributed by atoms with Crippen LogP contribution in [0.4, 0.5) is 4.79 Å². The first-order chi connectivity index (χ1) is 9.17. The molecule has 0 saturated carbocycles. The first kappa shape index (κ1) is 15.3. The van der Waals surface area contributed by atoms with Crippen LogP contribution >= 0.6 is 0 Å². The molecule has 0 aliphatic carbocycles. The van der Waals surface area contributed by atoms with E-state index in [1.807, 2.05) is 38.1 Å². The lowest BCUT2D eigenvalue weighted by Gasteiger charge is -2.20. The van der Waals surface area contributed by atoms with E-state index in [-0.39, 0.29) is 12.6 Å². The van der Waals surface area contributed by atoms with Crippen LogP contribution in [0, 0.1) is 6.92 Å². The molecule has 0 aliphatic heterocycles. The summed E-state index contributed by atoms with van der Waals surface area (Å²) >= 11 is 0. The zero-order valence-electron chi connectivity index (χ0n) is 11.6. The van der Waals surface area contributed by atoms with Gasteiger partial charge < -0.3 is 20.1 Å². The van der Waals surface area contributed by atoms with Crippen molar-refractivity contribution in [2.24, 2.45) is 0 Å². The van der Waals surface area contributed by atoms with Gasteiger partial charge in [0, 0.05) is 13.1 Å². The van der Waals surface area contributed by atoms with Crippen LogP contribution in [0.2, 0.25) is 0 Å². The maximum Gasteiger partial charge on any atom is 0.317 e. The van der Waals surface area contributed by atoms with Gasteiger partial charge in [-0.3, -0.25) is 0 Å². The Morgan fingerprint density at radius 2 is 2.26 bits per heavy atom. The van der Waals surface area contributed by atoms with E-state index in [1.54, 1.807) is 4.90 Å². The van der Waals surface area contributed by atoms with Crippen LogP contribution in [0.1, 0.15) is 12.5 Å². The number of aryl methyl sites for hydroxylation is 1. The van der Waals surface area contributed by atoms with Gasteiger partial charge in [0.15, 0.2) is 0 Å². The van der Waals surface area contributed by atoms with E-state index < -0.39 is 0 Å². The Morgan fingerprint density at radius 1 is 1.47 bits per heavy atom. The maximum atomic E-state index is 11.7. The van der Waals surface area contributed by atoms with Gasteiger partial charge >= 0.3 is 6.03 Å². The standard InChI is InChI=1S/C14H22N2O3/c1-3-16(8-9-17)14(18)15-7-10-19-13-6-4-5-12(2)11-13/h4-6,11,17H,3,7-10H2,1-2H3,(H,15,18). The van der Waals surface area contributed by atoms with Gasteiger partial charge in [-0.15, -0.1) is 0 Å². The molecule has 5 nitrogen and oxygen atoms in total. The van der Waals surface area contributed by atoms with E-state index >= 15 is 0 Å². The van der Waals surface area contributed by atoms with Crippen molar-refractivity contribution in [3.8, 4) is 5.75 Å². The molecular formula is C14H22N2O3. The highest BCUT2D eigenvalue weighted by atomic mass is 16.5. The zero-order chi connectivity index (χ0) is 14.1. The summed E-state index contributed by atoms with van der Waals surface area (Å²) in [7, 11) is 0. The van der Waals surface area contributed by atoms with E-state index in [2.05, 4.69) is 5.32 Å². The quantitative estimate of drug-likeness (QED) is 0.733. The lowest BCUT2D eigenvalue weighted by Crippen LogP contribution is -2.42. The normalized spacial score (nSPS) is 10.1. The first-order valence-corrected chi connectivity index (χ1v) is 6.50. The number of ether oxygens (including phenoxy) is 1. The number of hydrogen-bond donors (Lipinski definition) is 2. The molecule has 2 amide bonds. The van der Waals surface area contributed by atoms with Gasteiger partial charge in [0.2, 0.25) is 0 Å². The van der Waals surface area contributed by atoms with E-state index in [1.165, 1.54) is 0 Å². The molecule has 0 bridgehead atoms. The largest absolute Gasteiger partial charge is 0.492 e. The fourth-order valence-electron chi connectivity index (χ4n) is 1.67. The number of hydrogen-bond acceptors (Lipinski definition) is 3. The van der Waals surface area contributed by atoms with E-state index in [4.69, 9.17) is 9.84 Å². The second kappa shape index (κ2) is 8.37. The average Bonchev–Trinajstić information content (AvgIpc) is 2.40. The molecule has 0 radical (unpaired) electrons. The first-order valence-electron chi connectivity index (χ1n) is 6.50. The van der Waals surface area contributed by atoms with Crippen LogP contribution in [0.3, 0.4) is 0 Å². The monoisotopic (exact) mass is 266 g/mol. The highest BCUT2D eigenvalue weighted by Crippen LogP contribution is 2.11. The minimum atomic E-state index is -0.176. The number of carbonyl (C=O) groups is 1.